The van der Waals surface area contributed by atoms with Crippen molar-refractivity contribution in [2.45, 2.75) is 16.6 Å². The number of rotatable bonds is 1. The van der Waals surface area contributed by atoms with E-state index in [1.54, 1.807) is 11.8 Å². The van der Waals surface area contributed by atoms with Gasteiger partial charge in [0.1, 0.15) is 0 Å². The molecule has 1 unspecified atom stereocenters. The lowest BCUT2D eigenvalue weighted by Gasteiger charge is -2.14. The van der Waals surface area contributed by atoms with Crippen molar-refractivity contribution in [1.29, 1.82) is 0 Å². The number of fused-ring (bicyclic) bond motifs is 2. The van der Waals surface area contributed by atoms with Gasteiger partial charge in [0.05, 0.1) is 5.69 Å². The van der Waals surface area contributed by atoms with E-state index in [1.165, 1.54) is 0 Å². The van der Waals surface area contributed by atoms with Crippen LogP contribution in [0.4, 0.5) is 5.69 Å². The molecule has 0 spiro atoms. The zero-order valence-electron chi connectivity index (χ0n) is 11.2. The van der Waals surface area contributed by atoms with Crippen LogP contribution in [0.5, 0.6) is 11.5 Å². The normalized spacial score (nSPS) is 19.6. The molecule has 5 heteroatoms. The van der Waals surface area contributed by atoms with E-state index < -0.39 is 0 Å². The van der Waals surface area contributed by atoms with Crippen LogP contribution < -0.4 is 14.8 Å². The van der Waals surface area contributed by atoms with Gasteiger partial charge in [0, 0.05) is 16.6 Å². The van der Waals surface area contributed by atoms with Crippen molar-refractivity contribution in [2.24, 2.45) is 0 Å². The summed E-state index contributed by atoms with van der Waals surface area (Å²) in [7, 11) is 0. The van der Waals surface area contributed by atoms with E-state index in [9.17, 15) is 4.79 Å². The maximum Gasteiger partial charge on any atom is 0.231 e. The number of carbonyl (C=O) groups excluding carboxylic acids is 1. The summed E-state index contributed by atoms with van der Waals surface area (Å²) in [5.41, 5.74) is 1.96. The van der Waals surface area contributed by atoms with Gasteiger partial charge in [-0.05, 0) is 29.8 Å². The first-order valence-electron chi connectivity index (χ1n) is 6.75. The quantitative estimate of drug-likeness (QED) is 0.874. The van der Waals surface area contributed by atoms with Crippen LogP contribution in [0.25, 0.3) is 0 Å². The van der Waals surface area contributed by atoms with Crippen LogP contribution in [0.15, 0.2) is 47.4 Å². The fourth-order valence-corrected chi connectivity index (χ4v) is 3.76. The predicted molar refractivity (Wildman–Crippen MR) is 80.9 cm³/mol. The molecule has 0 fully saturated rings. The molecule has 2 heterocycles. The molecule has 1 atom stereocenters. The number of anilines is 1. The molecule has 2 aliphatic rings. The maximum absolute atomic E-state index is 12.1. The van der Waals surface area contributed by atoms with Crippen molar-refractivity contribution in [2.75, 3.05) is 12.1 Å². The average Bonchev–Trinajstić information content (AvgIpc) is 2.88. The van der Waals surface area contributed by atoms with Crippen molar-refractivity contribution in [1.82, 2.24) is 0 Å². The molecule has 2 aromatic rings. The second-order valence-electron chi connectivity index (χ2n) is 4.97. The molecule has 0 saturated carbocycles. The van der Waals surface area contributed by atoms with E-state index in [1.807, 2.05) is 42.5 Å². The van der Waals surface area contributed by atoms with E-state index in [0.29, 0.717) is 6.42 Å². The SMILES string of the molecule is O=C1CC(c2ccc3c(c2)OCO3)Sc2ccccc2N1. The van der Waals surface area contributed by atoms with Crippen LogP contribution in [0.1, 0.15) is 17.2 Å². The Kier molecular flexibility index (Phi) is 3.00. The third-order valence-electron chi connectivity index (χ3n) is 3.57. The first-order valence-corrected chi connectivity index (χ1v) is 7.63. The Bertz CT molecular complexity index is 716. The number of carbonyl (C=O) groups is 1. The molecule has 0 bridgehead atoms. The Morgan fingerprint density at radius 2 is 1.95 bits per heavy atom. The fourth-order valence-electron chi connectivity index (χ4n) is 2.54. The smallest absolute Gasteiger partial charge is 0.231 e. The highest BCUT2D eigenvalue weighted by atomic mass is 32.2. The number of hydrogen-bond acceptors (Lipinski definition) is 4. The van der Waals surface area contributed by atoms with Crippen molar-refractivity contribution >= 4 is 23.4 Å². The van der Waals surface area contributed by atoms with E-state index in [4.69, 9.17) is 9.47 Å². The number of ether oxygens (including phenoxy) is 2. The van der Waals surface area contributed by atoms with Crippen molar-refractivity contribution in [3.63, 3.8) is 0 Å². The third-order valence-corrected chi connectivity index (χ3v) is 4.90. The second-order valence-corrected chi connectivity index (χ2v) is 6.21. The van der Waals surface area contributed by atoms with Gasteiger partial charge in [-0.1, -0.05) is 18.2 Å². The highest BCUT2D eigenvalue weighted by molar-refractivity contribution is 7.99. The van der Waals surface area contributed by atoms with Crippen molar-refractivity contribution in [3.8, 4) is 11.5 Å². The lowest BCUT2D eigenvalue weighted by Crippen LogP contribution is -2.11. The standard InChI is InChI=1S/C16H13NO3S/c18-16-8-15(21-14-4-2-1-3-11(14)17-16)10-5-6-12-13(7-10)20-9-19-12/h1-7,15H,8-9H2,(H,17,18). The van der Waals surface area contributed by atoms with Gasteiger partial charge in [-0.15, -0.1) is 11.8 Å². The topological polar surface area (TPSA) is 47.6 Å². The molecule has 4 nitrogen and oxygen atoms in total. The van der Waals surface area contributed by atoms with E-state index >= 15 is 0 Å². The summed E-state index contributed by atoms with van der Waals surface area (Å²) in [5, 5.41) is 3.03. The lowest BCUT2D eigenvalue weighted by molar-refractivity contribution is -0.116. The molecule has 1 N–H and O–H groups in total. The monoisotopic (exact) mass is 299 g/mol. The van der Waals surface area contributed by atoms with E-state index in [2.05, 4.69) is 5.32 Å². The third kappa shape index (κ3) is 2.34. The van der Waals surface area contributed by atoms with E-state index in [-0.39, 0.29) is 18.0 Å². The van der Waals surface area contributed by atoms with Gasteiger partial charge >= 0.3 is 0 Å². The minimum Gasteiger partial charge on any atom is -0.454 e. The number of nitrogens with one attached hydrogen (secondary N) is 1. The molecule has 2 aliphatic heterocycles. The molecule has 4 rings (SSSR count). The zero-order valence-corrected chi connectivity index (χ0v) is 12.0. The Labute approximate surface area is 126 Å². The molecule has 106 valence electrons. The largest absolute Gasteiger partial charge is 0.454 e. The van der Waals surface area contributed by atoms with Gasteiger partial charge in [0.15, 0.2) is 11.5 Å². The van der Waals surface area contributed by atoms with Gasteiger partial charge in [-0.3, -0.25) is 4.79 Å². The molecule has 1 amide bonds. The molecule has 0 aliphatic carbocycles. The van der Waals surface area contributed by atoms with Gasteiger partial charge in [-0.25, -0.2) is 0 Å². The van der Waals surface area contributed by atoms with Crippen LogP contribution in [0, 0.1) is 0 Å². The number of amides is 1. The first-order chi connectivity index (χ1) is 10.3. The molecule has 0 aromatic heterocycles. The van der Waals surface area contributed by atoms with Crippen molar-refractivity contribution < 1.29 is 14.3 Å². The minimum absolute atomic E-state index is 0.0371. The van der Waals surface area contributed by atoms with Crippen LogP contribution in [-0.2, 0) is 4.79 Å². The predicted octanol–water partition coefficient (Wildman–Crippen LogP) is 3.59. The minimum atomic E-state index is 0.0371. The highest BCUT2D eigenvalue weighted by Gasteiger charge is 2.25. The summed E-state index contributed by atoms with van der Waals surface area (Å²) in [6.45, 7) is 0.264. The zero-order chi connectivity index (χ0) is 14.2. The highest BCUT2D eigenvalue weighted by Crippen LogP contribution is 2.45. The van der Waals surface area contributed by atoms with Crippen LogP contribution in [0.2, 0.25) is 0 Å². The number of hydrogen-bond donors (Lipinski definition) is 1. The maximum atomic E-state index is 12.1. The molecular weight excluding hydrogens is 286 g/mol. The second kappa shape index (κ2) is 5.00. The molecule has 21 heavy (non-hydrogen) atoms. The Morgan fingerprint density at radius 3 is 2.90 bits per heavy atom. The Balaban J connectivity index is 1.70. The van der Waals surface area contributed by atoms with Gasteiger partial charge in [-0.2, -0.15) is 0 Å². The Hall–Kier alpha value is -2.14. The van der Waals surface area contributed by atoms with E-state index in [0.717, 1.165) is 27.6 Å². The summed E-state index contributed by atoms with van der Waals surface area (Å²) in [6, 6.07) is 13.8. The molecule has 0 radical (unpaired) electrons. The number of para-hydroxylation sites is 1. The summed E-state index contributed by atoms with van der Waals surface area (Å²) >= 11 is 1.70. The Morgan fingerprint density at radius 1 is 1.10 bits per heavy atom. The van der Waals surface area contributed by atoms with Gasteiger partial charge in [0.25, 0.3) is 0 Å². The van der Waals surface area contributed by atoms with Gasteiger partial charge in [0.2, 0.25) is 12.7 Å². The summed E-state index contributed by atoms with van der Waals surface area (Å²) in [4.78, 5) is 13.2. The number of benzene rings is 2. The van der Waals surface area contributed by atoms with Crippen LogP contribution in [-0.4, -0.2) is 12.7 Å². The lowest BCUT2D eigenvalue weighted by atomic mass is 10.1. The molecule has 2 aromatic carbocycles. The first kappa shape index (κ1) is 12.6. The molecular formula is C16H13NO3S. The number of thioether (sulfide) groups is 1. The van der Waals surface area contributed by atoms with Crippen LogP contribution in [0.3, 0.4) is 0 Å². The summed E-state index contributed by atoms with van der Waals surface area (Å²) in [6.07, 6.45) is 0.443. The van der Waals surface area contributed by atoms with Crippen LogP contribution >= 0.6 is 11.8 Å². The summed E-state index contributed by atoms with van der Waals surface area (Å²) < 4.78 is 10.8. The van der Waals surface area contributed by atoms with Crippen molar-refractivity contribution in [3.05, 3.63) is 48.0 Å². The average molecular weight is 299 g/mol. The fraction of sp³-hybridized carbons (Fsp3) is 0.188. The molecule has 0 saturated heterocycles. The van der Waals surface area contributed by atoms with Gasteiger partial charge < -0.3 is 14.8 Å². The summed E-state index contributed by atoms with van der Waals surface area (Å²) in [5.74, 6) is 1.56.